The van der Waals surface area contributed by atoms with E-state index in [-0.39, 0.29) is 5.54 Å². The van der Waals surface area contributed by atoms with Gasteiger partial charge in [-0.15, -0.1) is 0 Å². The van der Waals surface area contributed by atoms with Gasteiger partial charge in [-0.2, -0.15) is 13.1 Å². The van der Waals surface area contributed by atoms with Crippen LogP contribution in [0.1, 0.15) is 26.2 Å². The van der Waals surface area contributed by atoms with Crippen molar-refractivity contribution in [2.45, 2.75) is 31.7 Å². The zero-order valence-corrected chi connectivity index (χ0v) is 7.30. The first-order valence-electron chi connectivity index (χ1n) is 3.15. The van der Waals surface area contributed by atoms with Gasteiger partial charge in [0, 0.05) is 16.2 Å². The summed E-state index contributed by atoms with van der Waals surface area (Å²) in [4.78, 5) is 0. The van der Waals surface area contributed by atoms with Gasteiger partial charge in [0.05, 0.1) is 0 Å². The monoisotopic (exact) mass is 183 g/mol. The lowest BCUT2D eigenvalue weighted by Crippen LogP contribution is -2.49. The van der Waals surface area contributed by atoms with Gasteiger partial charge < -0.3 is 0 Å². The minimum absolute atomic E-state index is 0.263. The molecule has 0 amide bonds. The van der Waals surface area contributed by atoms with Crippen molar-refractivity contribution in [3.63, 3.8) is 0 Å². The Morgan fingerprint density at radius 3 is 2.10 bits per heavy atom. The normalized spacial score (nSPS) is 23.8. The van der Waals surface area contributed by atoms with Gasteiger partial charge in [0.25, 0.3) is 9.24 Å². The number of halogens is 1. The maximum absolute atomic E-state index is 10.5. The van der Waals surface area contributed by atoms with E-state index in [1.165, 1.54) is 0 Å². The van der Waals surface area contributed by atoms with Gasteiger partial charge >= 0.3 is 0 Å². The molecule has 1 saturated carbocycles. The van der Waals surface area contributed by atoms with Gasteiger partial charge in [0.1, 0.15) is 0 Å². The Morgan fingerprint density at radius 2 is 2.00 bits per heavy atom. The summed E-state index contributed by atoms with van der Waals surface area (Å²) in [5.74, 6) is 0. The van der Waals surface area contributed by atoms with Gasteiger partial charge in [0.2, 0.25) is 0 Å². The van der Waals surface area contributed by atoms with Crippen molar-refractivity contribution in [3.8, 4) is 0 Å². The highest BCUT2D eigenvalue weighted by Crippen LogP contribution is 2.31. The molecule has 0 bridgehead atoms. The Morgan fingerprint density at radius 1 is 1.50 bits per heavy atom. The molecular formula is C5H10ClNO2S. The highest BCUT2D eigenvalue weighted by molar-refractivity contribution is 8.12. The van der Waals surface area contributed by atoms with Crippen molar-refractivity contribution in [1.29, 1.82) is 0 Å². The molecule has 0 heterocycles. The average Bonchev–Trinajstić information content (AvgIpc) is 1.57. The lowest BCUT2D eigenvalue weighted by Gasteiger charge is -2.37. The van der Waals surface area contributed by atoms with Gasteiger partial charge in [-0.25, -0.2) is 0 Å². The molecule has 0 saturated heterocycles. The van der Waals surface area contributed by atoms with Crippen LogP contribution in [0.25, 0.3) is 0 Å². The quantitative estimate of drug-likeness (QED) is 0.650. The molecule has 3 nitrogen and oxygen atoms in total. The van der Waals surface area contributed by atoms with Crippen LogP contribution in [0.3, 0.4) is 0 Å². The lowest BCUT2D eigenvalue weighted by molar-refractivity contribution is 0.249. The maximum Gasteiger partial charge on any atom is 0.297 e. The van der Waals surface area contributed by atoms with Gasteiger partial charge in [-0.3, -0.25) is 0 Å². The molecule has 5 heteroatoms. The molecule has 1 aliphatic rings. The topological polar surface area (TPSA) is 46.2 Å². The van der Waals surface area contributed by atoms with Crippen LogP contribution in [-0.2, 0) is 9.24 Å². The van der Waals surface area contributed by atoms with E-state index in [9.17, 15) is 8.42 Å². The SMILES string of the molecule is CC1(NS(=O)(=O)Cl)CCC1. The first kappa shape index (κ1) is 8.30. The molecule has 0 aromatic rings. The molecule has 60 valence electrons. The summed E-state index contributed by atoms with van der Waals surface area (Å²) in [5.41, 5.74) is -0.263. The Labute approximate surface area is 65.3 Å². The van der Waals surface area contributed by atoms with E-state index in [1.807, 2.05) is 6.92 Å². The van der Waals surface area contributed by atoms with Crippen molar-refractivity contribution in [2.75, 3.05) is 0 Å². The van der Waals surface area contributed by atoms with E-state index in [2.05, 4.69) is 4.72 Å². The molecule has 0 unspecified atom stereocenters. The van der Waals surface area contributed by atoms with E-state index in [1.54, 1.807) is 0 Å². The Balaban J connectivity index is 2.53. The van der Waals surface area contributed by atoms with Crippen LogP contribution in [0.5, 0.6) is 0 Å². The number of nitrogens with one attached hydrogen (secondary N) is 1. The number of hydrogen-bond donors (Lipinski definition) is 1. The molecule has 1 aliphatic carbocycles. The molecule has 0 spiro atoms. The van der Waals surface area contributed by atoms with E-state index >= 15 is 0 Å². The zero-order valence-electron chi connectivity index (χ0n) is 5.72. The van der Waals surface area contributed by atoms with E-state index in [0.717, 1.165) is 19.3 Å². The third kappa shape index (κ3) is 2.11. The minimum Gasteiger partial charge on any atom is -0.196 e. The van der Waals surface area contributed by atoms with E-state index < -0.39 is 9.24 Å². The number of hydrogen-bond acceptors (Lipinski definition) is 2. The largest absolute Gasteiger partial charge is 0.297 e. The molecule has 0 aromatic heterocycles. The van der Waals surface area contributed by atoms with Gasteiger partial charge in [-0.1, -0.05) is 0 Å². The summed E-state index contributed by atoms with van der Waals surface area (Å²) >= 11 is 0. The fraction of sp³-hybridized carbons (Fsp3) is 1.00. The third-order valence-corrected chi connectivity index (χ3v) is 2.79. The summed E-state index contributed by atoms with van der Waals surface area (Å²) < 4.78 is 23.4. The highest BCUT2D eigenvalue weighted by Gasteiger charge is 2.34. The van der Waals surface area contributed by atoms with Crippen molar-refractivity contribution in [1.82, 2.24) is 4.72 Å². The van der Waals surface area contributed by atoms with Crippen LogP contribution in [0.2, 0.25) is 0 Å². The molecule has 10 heavy (non-hydrogen) atoms. The molecule has 1 rings (SSSR count). The Bertz CT molecular complexity index is 220. The molecule has 1 N–H and O–H groups in total. The Kier molecular flexibility index (Phi) is 1.96. The first-order valence-corrected chi connectivity index (χ1v) is 5.46. The summed E-state index contributed by atoms with van der Waals surface area (Å²) in [7, 11) is 1.47. The van der Waals surface area contributed by atoms with Crippen LogP contribution < -0.4 is 4.72 Å². The second-order valence-corrected chi connectivity index (χ2v) is 5.25. The third-order valence-electron chi connectivity index (χ3n) is 1.83. The minimum atomic E-state index is -3.52. The summed E-state index contributed by atoms with van der Waals surface area (Å²) in [6.07, 6.45) is 2.85. The molecule has 0 atom stereocenters. The Hall–Kier alpha value is 0.200. The molecule has 0 radical (unpaired) electrons. The highest BCUT2D eigenvalue weighted by atomic mass is 35.7. The fourth-order valence-corrected chi connectivity index (χ4v) is 2.46. The van der Waals surface area contributed by atoms with Crippen LogP contribution in [0.4, 0.5) is 0 Å². The second-order valence-electron chi connectivity index (χ2n) is 2.95. The van der Waals surface area contributed by atoms with Crippen molar-refractivity contribution in [2.24, 2.45) is 0 Å². The summed E-state index contributed by atoms with van der Waals surface area (Å²) in [6, 6.07) is 0. The first-order chi connectivity index (χ1) is 4.41. The molecule has 0 aromatic carbocycles. The van der Waals surface area contributed by atoms with Crippen molar-refractivity contribution >= 4 is 19.9 Å². The second kappa shape index (κ2) is 2.36. The summed E-state index contributed by atoms with van der Waals surface area (Å²) in [6.45, 7) is 1.86. The number of rotatable bonds is 2. The van der Waals surface area contributed by atoms with Crippen molar-refractivity contribution < 1.29 is 8.42 Å². The van der Waals surface area contributed by atoms with Crippen LogP contribution in [-0.4, -0.2) is 14.0 Å². The van der Waals surface area contributed by atoms with E-state index in [0.29, 0.717) is 0 Å². The predicted octanol–water partition coefficient (Wildman–Crippen LogP) is 1.00. The molecule has 0 aliphatic heterocycles. The predicted molar refractivity (Wildman–Crippen MR) is 40.2 cm³/mol. The van der Waals surface area contributed by atoms with E-state index in [4.69, 9.17) is 10.7 Å². The van der Waals surface area contributed by atoms with Crippen LogP contribution in [0.15, 0.2) is 0 Å². The smallest absolute Gasteiger partial charge is 0.196 e. The fourth-order valence-electron chi connectivity index (χ4n) is 1.10. The van der Waals surface area contributed by atoms with Gasteiger partial charge in [-0.05, 0) is 26.2 Å². The standard InChI is InChI=1S/C5H10ClNO2S/c1-5(3-2-4-5)7-10(6,8)9/h7H,2-4H2,1H3. The lowest BCUT2D eigenvalue weighted by atomic mass is 9.80. The van der Waals surface area contributed by atoms with Crippen molar-refractivity contribution in [3.05, 3.63) is 0 Å². The maximum atomic E-state index is 10.5. The zero-order chi connectivity index (χ0) is 7.83. The molecular weight excluding hydrogens is 174 g/mol. The molecule has 1 fully saturated rings. The summed E-state index contributed by atoms with van der Waals surface area (Å²) in [5, 5.41) is 0. The van der Waals surface area contributed by atoms with Gasteiger partial charge in [0.15, 0.2) is 0 Å². The van der Waals surface area contributed by atoms with Crippen LogP contribution >= 0.6 is 10.7 Å². The average molecular weight is 184 g/mol. The van der Waals surface area contributed by atoms with Crippen LogP contribution in [0, 0.1) is 0 Å².